The van der Waals surface area contributed by atoms with Crippen LogP contribution in [0, 0.1) is 0 Å². The molecule has 1 aromatic rings. The van der Waals surface area contributed by atoms with Crippen molar-refractivity contribution in [1.29, 1.82) is 0 Å². The average molecular weight is 263 g/mol. The van der Waals surface area contributed by atoms with E-state index in [1.807, 2.05) is 0 Å². The average Bonchev–Trinajstić information content (AvgIpc) is 2.43. The minimum atomic E-state index is -0.375. The van der Waals surface area contributed by atoms with Gasteiger partial charge < -0.3 is 10.8 Å². The van der Waals surface area contributed by atoms with Gasteiger partial charge in [0.05, 0.1) is 6.10 Å². The highest BCUT2D eigenvalue weighted by Crippen LogP contribution is 2.12. The Kier molecular flexibility index (Phi) is 7.76. The maximum Gasteiger partial charge on any atom is 0.0694 e. The molecule has 2 atom stereocenters. The maximum atomic E-state index is 9.96. The molecule has 0 saturated carbocycles. The van der Waals surface area contributed by atoms with Crippen LogP contribution in [0.25, 0.3) is 0 Å². The van der Waals surface area contributed by atoms with Gasteiger partial charge in [0, 0.05) is 6.04 Å². The third-order valence-electron chi connectivity index (χ3n) is 3.69. The molecule has 2 heteroatoms. The Morgan fingerprint density at radius 3 is 2.05 bits per heavy atom. The lowest BCUT2D eigenvalue weighted by Crippen LogP contribution is -2.34. The van der Waals surface area contributed by atoms with Crippen molar-refractivity contribution in [3.63, 3.8) is 0 Å². The van der Waals surface area contributed by atoms with Crippen molar-refractivity contribution < 1.29 is 5.11 Å². The molecule has 0 spiro atoms. The van der Waals surface area contributed by atoms with E-state index in [2.05, 4.69) is 38.1 Å². The standard InChI is InChI=1S/C17H29NO/c1-3-5-7-14-8-10-15(11-9-14)12-13-17(19)16(18)6-4-2/h8-11,16-17,19H,3-7,12-13,18H2,1-2H3. The Morgan fingerprint density at radius 2 is 1.53 bits per heavy atom. The van der Waals surface area contributed by atoms with Crippen LogP contribution in [0.15, 0.2) is 24.3 Å². The molecule has 0 aromatic heterocycles. The van der Waals surface area contributed by atoms with Gasteiger partial charge in [0.1, 0.15) is 0 Å². The van der Waals surface area contributed by atoms with Crippen LogP contribution in [-0.2, 0) is 12.8 Å². The van der Waals surface area contributed by atoms with Crippen molar-refractivity contribution in [2.24, 2.45) is 5.73 Å². The zero-order valence-corrected chi connectivity index (χ0v) is 12.4. The molecule has 1 rings (SSSR count). The molecule has 19 heavy (non-hydrogen) atoms. The Balaban J connectivity index is 2.36. The van der Waals surface area contributed by atoms with Crippen LogP contribution < -0.4 is 5.73 Å². The molecule has 0 amide bonds. The SMILES string of the molecule is CCCCc1ccc(CCC(O)C(N)CCC)cc1. The van der Waals surface area contributed by atoms with E-state index in [1.54, 1.807) is 0 Å². The van der Waals surface area contributed by atoms with Gasteiger partial charge in [-0.2, -0.15) is 0 Å². The predicted molar refractivity (Wildman–Crippen MR) is 82.3 cm³/mol. The second kappa shape index (κ2) is 9.11. The molecule has 3 N–H and O–H groups in total. The summed E-state index contributed by atoms with van der Waals surface area (Å²) in [4.78, 5) is 0. The fourth-order valence-corrected chi connectivity index (χ4v) is 2.31. The zero-order valence-electron chi connectivity index (χ0n) is 12.4. The summed E-state index contributed by atoms with van der Waals surface area (Å²) < 4.78 is 0. The molecule has 0 saturated heterocycles. The topological polar surface area (TPSA) is 46.2 Å². The molecule has 0 fully saturated rings. The number of aryl methyl sites for hydroxylation is 2. The van der Waals surface area contributed by atoms with Gasteiger partial charge in [0.2, 0.25) is 0 Å². The molecule has 2 nitrogen and oxygen atoms in total. The molecule has 0 aliphatic rings. The van der Waals surface area contributed by atoms with Crippen LogP contribution in [0.1, 0.15) is 57.1 Å². The van der Waals surface area contributed by atoms with E-state index < -0.39 is 0 Å². The van der Waals surface area contributed by atoms with E-state index in [0.29, 0.717) is 0 Å². The lowest BCUT2D eigenvalue weighted by Gasteiger charge is -2.18. The molecule has 0 aliphatic heterocycles. The zero-order chi connectivity index (χ0) is 14.1. The molecule has 0 radical (unpaired) electrons. The Morgan fingerprint density at radius 1 is 0.947 bits per heavy atom. The summed E-state index contributed by atoms with van der Waals surface area (Å²) in [5.74, 6) is 0. The molecular weight excluding hydrogens is 234 g/mol. The molecule has 0 bridgehead atoms. The van der Waals surface area contributed by atoms with Gasteiger partial charge in [0.15, 0.2) is 0 Å². The molecule has 1 aromatic carbocycles. The third-order valence-corrected chi connectivity index (χ3v) is 3.69. The normalized spacial score (nSPS) is 14.3. The van der Waals surface area contributed by atoms with E-state index in [-0.39, 0.29) is 12.1 Å². The number of benzene rings is 1. The highest BCUT2D eigenvalue weighted by atomic mass is 16.3. The van der Waals surface area contributed by atoms with Gasteiger partial charge >= 0.3 is 0 Å². The van der Waals surface area contributed by atoms with Crippen LogP contribution in [-0.4, -0.2) is 17.3 Å². The highest BCUT2D eigenvalue weighted by Gasteiger charge is 2.13. The van der Waals surface area contributed by atoms with Crippen LogP contribution in [0.4, 0.5) is 0 Å². The lowest BCUT2D eigenvalue weighted by molar-refractivity contribution is 0.131. The molecule has 108 valence electrons. The second-order valence-corrected chi connectivity index (χ2v) is 5.48. The number of nitrogens with two attached hydrogens (primary N) is 1. The van der Waals surface area contributed by atoms with Crippen LogP contribution >= 0.6 is 0 Å². The van der Waals surface area contributed by atoms with Gasteiger partial charge in [-0.05, 0) is 43.2 Å². The summed E-state index contributed by atoms with van der Waals surface area (Å²) in [6.07, 6.45) is 6.89. The minimum absolute atomic E-state index is 0.0752. The number of aliphatic hydroxyl groups is 1. The number of hydrogen-bond donors (Lipinski definition) is 2. The summed E-state index contributed by atoms with van der Waals surface area (Å²) in [6.45, 7) is 4.32. The Hall–Kier alpha value is -0.860. The first-order valence-corrected chi connectivity index (χ1v) is 7.68. The van der Waals surface area contributed by atoms with E-state index in [1.165, 1.54) is 30.4 Å². The number of hydrogen-bond acceptors (Lipinski definition) is 2. The first kappa shape index (κ1) is 16.2. The number of rotatable bonds is 9. The van der Waals surface area contributed by atoms with Crippen molar-refractivity contribution in [3.05, 3.63) is 35.4 Å². The summed E-state index contributed by atoms with van der Waals surface area (Å²) in [6, 6.07) is 8.72. The van der Waals surface area contributed by atoms with Gasteiger partial charge in [-0.25, -0.2) is 0 Å². The molecule has 0 aliphatic carbocycles. The van der Waals surface area contributed by atoms with E-state index >= 15 is 0 Å². The van der Waals surface area contributed by atoms with Crippen LogP contribution in [0.5, 0.6) is 0 Å². The highest BCUT2D eigenvalue weighted by molar-refractivity contribution is 5.22. The van der Waals surface area contributed by atoms with Gasteiger partial charge in [0.25, 0.3) is 0 Å². The van der Waals surface area contributed by atoms with E-state index in [0.717, 1.165) is 25.7 Å². The fraction of sp³-hybridized carbons (Fsp3) is 0.647. The van der Waals surface area contributed by atoms with Crippen molar-refractivity contribution in [2.75, 3.05) is 0 Å². The number of aliphatic hydroxyl groups excluding tert-OH is 1. The van der Waals surface area contributed by atoms with Gasteiger partial charge in [-0.15, -0.1) is 0 Å². The maximum absolute atomic E-state index is 9.96. The van der Waals surface area contributed by atoms with Crippen molar-refractivity contribution in [3.8, 4) is 0 Å². The first-order chi connectivity index (χ1) is 9.17. The Bertz CT molecular complexity index is 334. The predicted octanol–water partition coefficient (Wildman–Crippen LogP) is 3.45. The van der Waals surface area contributed by atoms with Gasteiger partial charge in [-0.1, -0.05) is 51.0 Å². The van der Waals surface area contributed by atoms with Crippen molar-refractivity contribution in [1.82, 2.24) is 0 Å². The minimum Gasteiger partial charge on any atom is -0.392 e. The summed E-state index contributed by atoms with van der Waals surface area (Å²) in [5, 5.41) is 9.96. The van der Waals surface area contributed by atoms with Crippen molar-refractivity contribution in [2.45, 2.75) is 70.9 Å². The van der Waals surface area contributed by atoms with Crippen LogP contribution in [0.2, 0.25) is 0 Å². The smallest absolute Gasteiger partial charge is 0.0694 e. The van der Waals surface area contributed by atoms with Gasteiger partial charge in [-0.3, -0.25) is 0 Å². The van der Waals surface area contributed by atoms with Crippen LogP contribution in [0.3, 0.4) is 0 Å². The van der Waals surface area contributed by atoms with E-state index in [9.17, 15) is 5.11 Å². The summed E-state index contributed by atoms with van der Waals surface area (Å²) in [5.41, 5.74) is 8.63. The third kappa shape index (κ3) is 6.22. The second-order valence-electron chi connectivity index (χ2n) is 5.48. The van der Waals surface area contributed by atoms with E-state index in [4.69, 9.17) is 5.73 Å². The quantitative estimate of drug-likeness (QED) is 0.717. The Labute approximate surface area is 118 Å². The molecule has 0 heterocycles. The first-order valence-electron chi connectivity index (χ1n) is 7.68. The fourth-order valence-electron chi connectivity index (χ4n) is 2.31. The monoisotopic (exact) mass is 263 g/mol. The molecule has 2 unspecified atom stereocenters. The summed E-state index contributed by atoms with van der Waals surface area (Å²) in [7, 11) is 0. The molecular formula is C17H29NO. The summed E-state index contributed by atoms with van der Waals surface area (Å²) >= 11 is 0. The van der Waals surface area contributed by atoms with Crippen molar-refractivity contribution >= 4 is 0 Å². The number of unbranched alkanes of at least 4 members (excludes halogenated alkanes) is 1. The lowest BCUT2D eigenvalue weighted by atomic mass is 9.98. The largest absolute Gasteiger partial charge is 0.392 e.